The summed E-state index contributed by atoms with van der Waals surface area (Å²) in [6.07, 6.45) is 3.27. The molecule has 0 amide bonds. The van der Waals surface area contributed by atoms with Crippen LogP contribution in [-0.2, 0) is 0 Å². The lowest BCUT2D eigenvalue weighted by Gasteiger charge is -2.33. The van der Waals surface area contributed by atoms with Gasteiger partial charge in [0.05, 0.1) is 19.3 Å². The van der Waals surface area contributed by atoms with E-state index in [1.165, 1.54) is 24.2 Å². The number of rotatable bonds is 8. The van der Waals surface area contributed by atoms with Crippen molar-refractivity contribution in [2.24, 2.45) is 11.0 Å². The minimum absolute atomic E-state index is 0.231. The van der Waals surface area contributed by atoms with Gasteiger partial charge >= 0.3 is 0 Å². The third-order valence-corrected chi connectivity index (χ3v) is 4.94. The zero-order valence-corrected chi connectivity index (χ0v) is 15.8. The molecule has 25 heavy (non-hydrogen) atoms. The number of nitrogens with one attached hydrogen (secondary N) is 1. The quantitative estimate of drug-likeness (QED) is 0.782. The topological polar surface area (TPSA) is 46.1 Å². The van der Waals surface area contributed by atoms with Crippen LogP contribution >= 0.6 is 0 Å². The molecular formula is C20H31N3O2. The maximum Gasteiger partial charge on any atom is 0.161 e. The summed E-state index contributed by atoms with van der Waals surface area (Å²) in [5.74, 6) is 2.13. The lowest BCUT2D eigenvalue weighted by Crippen LogP contribution is -2.42. The molecular weight excluding hydrogens is 314 g/mol. The van der Waals surface area contributed by atoms with Crippen molar-refractivity contribution in [3.63, 3.8) is 0 Å². The maximum absolute atomic E-state index is 5.83. The molecule has 1 fully saturated rings. The van der Waals surface area contributed by atoms with Crippen LogP contribution < -0.4 is 14.9 Å². The minimum Gasteiger partial charge on any atom is -0.490 e. The van der Waals surface area contributed by atoms with Crippen LogP contribution in [0.5, 0.6) is 11.5 Å². The number of piperidine rings is 1. The average molecular weight is 345 g/mol. The van der Waals surface area contributed by atoms with Gasteiger partial charge in [0.25, 0.3) is 0 Å². The fraction of sp³-hybridized carbons (Fsp3) is 0.650. The van der Waals surface area contributed by atoms with Crippen LogP contribution in [0.2, 0.25) is 0 Å². The Hall–Kier alpha value is -1.75. The molecule has 0 aromatic heterocycles. The van der Waals surface area contributed by atoms with Crippen LogP contribution in [0, 0.1) is 5.92 Å². The summed E-state index contributed by atoms with van der Waals surface area (Å²) in [7, 11) is 0. The Bertz CT molecular complexity index is 603. The Labute approximate surface area is 151 Å². The van der Waals surface area contributed by atoms with Crippen molar-refractivity contribution in [1.82, 2.24) is 10.3 Å². The molecule has 5 nitrogen and oxygen atoms in total. The van der Waals surface area contributed by atoms with Crippen molar-refractivity contribution < 1.29 is 9.47 Å². The maximum atomic E-state index is 5.83. The van der Waals surface area contributed by atoms with Gasteiger partial charge in [-0.05, 0) is 44.0 Å². The summed E-state index contributed by atoms with van der Waals surface area (Å²) in [5, 5.41) is 4.63. The zero-order valence-electron chi connectivity index (χ0n) is 15.8. The Balaban J connectivity index is 1.77. The van der Waals surface area contributed by atoms with Gasteiger partial charge in [0, 0.05) is 31.1 Å². The molecule has 2 unspecified atom stereocenters. The van der Waals surface area contributed by atoms with Crippen LogP contribution in [0.1, 0.15) is 51.6 Å². The van der Waals surface area contributed by atoms with Gasteiger partial charge in [0.15, 0.2) is 11.5 Å². The van der Waals surface area contributed by atoms with E-state index in [4.69, 9.17) is 9.47 Å². The largest absolute Gasteiger partial charge is 0.490 e. The van der Waals surface area contributed by atoms with Crippen molar-refractivity contribution >= 4 is 5.71 Å². The van der Waals surface area contributed by atoms with E-state index in [9.17, 15) is 0 Å². The number of hydrogen-bond donors (Lipinski definition) is 1. The van der Waals surface area contributed by atoms with Gasteiger partial charge in [0.2, 0.25) is 0 Å². The first-order valence-corrected chi connectivity index (χ1v) is 9.70. The molecule has 1 saturated heterocycles. The van der Waals surface area contributed by atoms with Crippen LogP contribution in [0.15, 0.2) is 23.3 Å². The van der Waals surface area contributed by atoms with Gasteiger partial charge in [0.1, 0.15) is 0 Å². The van der Waals surface area contributed by atoms with Crippen LogP contribution in [0.4, 0.5) is 0 Å². The lowest BCUT2D eigenvalue weighted by molar-refractivity contribution is 0.228. The number of ether oxygens (including phenoxy) is 2. The normalized spacial score (nSPS) is 22.9. The van der Waals surface area contributed by atoms with E-state index in [-0.39, 0.29) is 6.04 Å². The molecule has 1 aromatic carbocycles. The summed E-state index contributed by atoms with van der Waals surface area (Å²) >= 11 is 0. The summed E-state index contributed by atoms with van der Waals surface area (Å²) < 4.78 is 11.7. The van der Waals surface area contributed by atoms with Gasteiger partial charge < -0.3 is 19.8 Å². The van der Waals surface area contributed by atoms with Crippen LogP contribution in [0.3, 0.4) is 0 Å². The Kier molecular flexibility index (Phi) is 6.19. The minimum atomic E-state index is 0.231. The molecule has 0 bridgehead atoms. The zero-order chi connectivity index (χ0) is 17.6. The smallest absolute Gasteiger partial charge is 0.161 e. The van der Waals surface area contributed by atoms with E-state index in [1.54, 1.807) is 0 Å². The summed E-state index contributed by atoms with van der Waals surface area (Å²) in [4.78, 5) is 2.56. The Morgan fingerprint density at radius 3 is 2.80 bits per heavy atom. The van der Waals surface area contributed by atoms with E-state index in [0.717, 1.165) is 37.4 Å². The Morgan fingerprint density at radius 2 is 2.04 bits per heavy atom. The third-order valence-electron chi connectivity index (χ3n) is 4.94. The molecule has 0 spiro atoms. The lowest BCUT2D eigenvalue weighted by atomic mass is 9.86. The summed E-state index contributed by atoms with van der Waals surface area (Å²) in [5.41, 5.74) is 5.93. The molecule has 0 aliphatic carbocycles. The van der Waals surface area contributed by atoms with Gasteiger partial charge in [-0.2, -0.15) is 5.10 Å². The van der Waals surface area contributed by atoms with Gasteiger partial charge in [-0.15, -0.1) is 0 Å². The molecule has 138 valence electrons. The molecule has 2 aliphatic heterocycles. The number of fused-ring (bicyclic) bond motifs is 1. The second-order valence-corrected chi connectivity index (χ2v) is 6.85. The van der Waals surface area contributed by atoms with Gasteiger partial charge in [-0.1, -0.05) is 19.9 Å². The molecule has 0 saturated carbocycles. The summed E-state index contributed by atoms with van der Waals surface area (Å²) in [6, 6.07) is 6.56. The summed E-state index contributed by atoms with van der Waals surface area (Å²) in [6.45, 7) is 11.1. The second-order valence-electron chi connectivity index (χ2n) is 6.85. The van der Waals surface area contributed by atoms with Gasteiger partial charge in [-0.25, -0.2) is 0 Å². The number of likely N-dealkylation sites (tertiary alicyclic amines) is 1. The van der Waals surface area contributed by atoms with Crippen molar-refractivity contribution in [2.75, 3.05) is 32.8 Å². The standard InChI is InChI=1S/C20H31N3O2/c1-4-10-23-11-9-17-16(14-23)20(22-21-17)15-7-8-18(25-12-5-2)19(13-15)24-6-3/h7-8,13,16,20,22H,4-6,9-12,14H2,1-3H3. The van der Waals surface area contributed by atoms with Crippen LogP contribution in [-0.4, -0.2) is 43.5 Å². The van der Waals surface area contributed by atoms with E-state index in [2.05, 4.69) is 41.4 Å². The highest BCUT2D eigenvalue weighted by Gasteiger charge is 2.37. The van der Waals surface area contributed by atoms with E-state index in [1.807, 2.05) is 13.0 Å². The van der Waals surface area contributed by atoms with Crippen molar-refractivity contribution in [2.45, 2.75) is 46.1 Å². The first-order chi connectivity index (χ1) is 12.3. The molecule has 3 rings (SSSR count). The van der Waals surface area contributed by atoms with Crippen molar-refractivity contribution in [1.29, 1.82) is 0 Å². The number of benzene rings is 1. The first-order valence-electron chi connectivity index (χ1n) is 9.70. The highest BCUT2D eigenvalue weighted by atomic mass is 16.5. The van der Waals surface area contributed by atoms with E-state index in [0.29, 0.717) is 19.1 Å². The molecule has 2 aliphatic rings. The third kappa shape index (κ3) is 4.09. The van der Waals surface area contributed by atoms with Crippen molar-refractivity contribution in [3.8, 4) is 11.5 Å². The molecule has 2 atom stereocenters. The fourth-order valence-electron chi connectivity index (χ4n) is 3.76. The molecule has 0 radical (unpaired) electrons. The predicted octanol–water partition coefficient (Wildman–Crippen LogP) is 3.61. The predicted molar refractivity (Wildman–Crippen MR) is 102 cm³/mol. The van der Waals surface area contributed by atoms with Crippen molar-refractivity contribution in [3.05, 3.63) is 23.8 Å². The van der Waals surface area contributed by atoms with Gasteiger partial charge in [-0.3, -0.25) is 0 Å². The number of hydrazone groups is 1. The molecule has 5 heteroatoms. The number of nitrogens with zero attached hydrogens (tertiary/aromatic N) is 2. The monoisotopic (exact) mass is 345 g/mol. The average Bonchev–Trinajstić information content (AvgIpc) is 3.04. The highest BCUT2D eigenvalue weighted by molar-refractivity contribution is 5.90. The molecule has 1 aromatic rings. The fourth-order valence-corrected chi connectivity index (χ4v) is 3.76. The second kappa shape index (κ2) is 8.56. The first kappa shape index (κ1) is 18.1. The molecule has 1 N–H and O–H groups in total. The SMILES string of the molecule is CCCOc1ccc(C2NN=C3CCN(CCC)CC32)cc1OCC. The Morgan fingerprint density at radius 1 is 1.16 bits per heavy atom. The van der Waals surface area contributed by atoms with Crippen LogP contribution in [0.25, 0.3) is 0 Å². The number of hydrogen-bond acceptors (Lipinski definition) is 5. The van der Waals surface area contributed by atoms with E-state index >= 15 is 0 Å². The molecule has 2 heterocycles. The van der Waals surface area contributed by atoms with E-state index < -0.39 is 0 Å². The highest BCUT2D eigenvalue weighted by Crippen LogP contribution is 2.37.